The maximum Gasteiger partial charge on any atom is 0.416 e. The number of H-pyrrole nitrogens is 1. The second-order valence-electron chi connectivity index (χ2n) is 9.12. The number of alkyl halides is 3. The second-order valence-corrected chi connectivity index (χ2v) is 12.2. The smallest absolute Gasteiger partial charge is 0.316 e. The van der Waals surface area contributed by atoms with Gasteiger partial charge >= 0.3 is 11.9 Å². The fraction of sp³-hybridized carbons (Fsp3) is 0.417. The summed E-state index contributed by atoms with van der Waals surface area (Å²) in [6.45, 7) is 1.86. The van der Waals surface area contributed by atoms with Crippen LogP contribution in [0.3, 0.4) is 0 Å². The molecule has 4 rings (SSSR count). The van der Waals surface area contributed by atoms with E-state index in [2.05, 4.69) is 10.3 Å². The molecule has 1 aromatic heterocycles. The largest absolute Gasteiger partial charge is 0.416 e. The molecule has 2 aromatic carbocycles. The monoisotopic (exact) mass is 592 g/mol. The van der Waals surface area contributed by atoms with Gasteiger partial charge in [0.1, 0.15) is 0 Å². The number of nitrogens with zero attached hydrogens (tertiary/aromatic N) is 2. The summed E-state index contributed by atoms with van der Waals surface area (Å²) >= 11 is 12.5. The minimum atomic E-state index is -4.82. The van der Waals surface area contributed by atoms with E-state index in [0.29, 0.717) is 23.7 Å². The summed E-state index contributed by atoms with van der Waals surface area (Å²) in [5, 5.41) is 2.46. The Morgan fingerprint density at radius 2 is 1.87 bits per heavy atom. The van der Waals surface area contributed by atoms with Gasteiger partial charge in [0.15, 0.2) is 9.84 Å². The quantitative estimate of drug-likeness (QED) is 0.434. The van der Waals surface area contributed by atoms with Crippen LogP contribution in [0.1, 0.15) is 30.0 Å². The Balaban J connectivity index is 1.88. The number of nitrogens with one attached hydrogen (secondary N) is 2. The van der Waals surface area contributed by atoms with Crippen molar-refractivity contribution in [3.63, 3.8) is 0 Å². The Bertz CT molecular complexity index is 1620. The first-order valence-corrected chi connectivity index (χ1v) is 14.1. The summed E-state index contributed by atoms with van der Waals surface area (Å²) in [4.78, 5) is 30.4. The molecular formula is C24H25Cl2F3N4O4S. The van der Waals surface area contributed by atoms with Gasteiger partial charge in [0, 0.05) is 30.7 Å². The van der Waals surface area contributed by atoms with Crippen molar-refractivity contribution < 1.29 is 21.6 Å². The molecule has 1 aliphatic heterocycles. The Labute approximate surface area is 226 Å². The molecule has 1 fully saturated rings. The number of halogens is 5. The van der Waals surface area contributed by atoms with Crippen molar-refractivity contribution in [2.75, 3.05) is 25.9 Å². The van der Waals surface area contributed by atoms with Crippen LogP contribution >= 0.6 is 23.2 Å². The topological polar surface area (TPSA) is 104 Å². The van der Waals surface area contributed by atoms with Crippen molar-refractivity contribution in [1.29, 1.82) is 0 Å². The minimum Gasteiger partial charge on any atom is -0.316 e. The van der Waals surface area contributed by atoms with Gasteiger partial charge in [-0.3, -0.25) is 14.3 Å². The fourth-order valence-electron chi connectivity index (χ4n) is 4.68. The summed E-state index contributed by atoms with van der Waals surface area (Å²) in [7, 11) is -1.98. The third-order valence-electron chi connectivity index (χ3n) is 6.75. The molecule has 8 nitrogen and oxygen atoms in total. The summed E-state index contributed by atoms with van der Waals surface area (Å²) in [5.41, 5.74) is -3.46. The van der Waals surface area contributed by atoms with Gasteiger partial charge in [0.25, 0.3) is 5.56 Å². The van der Waals surface area contributed by atoms with Crippen LogP contribution in [-0.2, 0) is 29.1 Å². The highest BCUT2D eigenvalue weighted by atomic mass is 35.5. The second kappa shape index (κ2) is 10.6. The van der Waals surface area contributed by atoms with E-state index in [0.717, 1.165) is 6.42 Å². The highest BCUT2D eigenvalue weighted by Crippen LogP contribution is 2.39. The number of hydrogen-bond acceptors (Lipinski definition) is 6. The standard InChI is InChI=1S/C24H25Cl2F3N4O4S/c1-3-38(36,37)19-5-4-14(25)8-13(19)10-33-22(34)16-9-18(24(27,28)29)17(20(26)21(16)31-23(33)35)12-32-7-6-15(11-32)30-2/h4-5,8-9,15,30H,3,6-7,10-12H2,1-2H3,(H,31,35)/t15-/m0/s1. The van der Waals surface area contributed by atoms with Crippen LogP contribution in [0.25, 0.3) is 10.9 Å². The van der Waals surface area contributed by atoms with Gasteiger partial charge in [-0.1, -0.05) is 30.1 Å². The van der Waals surface area contributed by atoms with E-state index in [1.165, 1.54) is 25.1 Å². The van der Waals surface area contributed by atoms with Crippen molar-refractivity contribution in [3.05, 3.63) is 71.8 Å². The van der Waals surface area contributed by atoms with Crippen molar-refractivity contribution in [2.24, 2.45) is 0 Å². The van der Waals surface area contributed by atoms with Gasteiger partial charge in [0.2, 0.25) is 0 Å². The maximum absolute atomic E-state index is 14.1. The third kappa shape index (κ3) is 5.50. The molecule has 38 heavy (non-hydrogen) atoms. The van der Waals surface area contributed by atoms with Gasteiger partial charge < -0.3 is 10.3 Å². The molecule has 1 aliphatic rings. The molecule has 0 unspecified atom stereocenters. The van der Waals surface area contributed by atoms with E-state index < -0.39 is 44.8 Å². The molecular weight excluding hydrogens is 568 g/mol. The SMILES string of the molecule is CCS(=O)(=O)c1ccc(Cl)cc1Cn1c(=O)[nH]c2c(Cl)c(CN3CC[C@H](NC)C3)c(C(F)(F)F)cc2c1=O. The Kier molecular flexibility index (Phi) is 8.02. The number of rotatable bonds is 7. The molecule has 206 valence electrons. The molecule has 0 saturated carbocycles. The molecule has 0 aliphatic carbocycles. The zero-order valence-electron chi connectivity index (χ0n) is 20.5. The lowest BCUT2D eigenvalue weighted by atomic mass is 10.0. The molecule has 0 bridgehead atoms. The predicted molar refractivity (Wildman–Crippen MR) is 140 cm³/mol. The number of likely N-dealkylation sites (N-methyl/N-ethyl adjacent to an activating group) is 1. The molecule has 1 saturated heterocycles. The average molecular weight is 593 g/mol. The Morgan fingerprint density at radius 3 is 2.47 bits per heavy atom. The lowest BCUT2D eigenvalue weighted by Crippen LogP contribution is -2.36. The van der Waals surface area contributed by atoms with Gasteiger partial charge in [-0.05, 0) is 48.9 Å². The Morgan fingerprint density at radius 1 is 1.16 bits per heavy atom. The van der Waals surface area contributed by atoms with Gasteiger partial charge in [-0.15, -0.1) is 0 Å². The molecule has 14 heteroatoms. The summed E-state index contributed by atoms with van der Waals surface area (Å²) in [6, 6.07) is 4.74. The van der Waals surface area contributed by atoms with E-state index in [1.807, 2.05) is 4.90 Å². The van der Waals surface area contributed by atoms with E-state index in [1.54, 1.807) is 7.05 Å². The van der Waals surface area contributed by atoms with E-state index >= 15 is 0 Å². The van der Waals surface area contributed by atoms with Gasteiger partial charge in [-0.2, -0.15) is 13.2 Å². The molecule has 1 atom stereocenters. The first-order valence-electron chi connectivity index (χ1n) is 11.7. The van der Waals surface area contributed by atoms with Crippen LogP contribution < -0.4 is 16.6 Å². The number of aromatic nitrogens is 2. The number of benzene rings is 2. The molecule has 3 aromatic rings. The van der Waals surface area contributed by atoms with Crippen molar-refractivity contribution in [1.82, 2.24) is 19.8 Å². The van der Waals surface area contributed by atoms with Crippen LogP contribution in [0, 0.1) is 0 Å². The van der Waals surface area contributed by atoms with Crippen LogP contribution in [0.15, 0.2) is 38.8 Å². The van der Waals surface area contributed by atoms with Crippen LogP contribution in [0.4, 0.5) is 13.2 Å². The van der Waals surface area contributed by atoms with Crippen LogP contribution in [-0.4, -0.2) is 54.8 Å². The minimum absolute atomic E-state index is 0.0539. The Hall–Kier alpha value is -2.38. The number of fused-ring (bicyclic) bond motifs is 1. The zero-order valence-corrected chi connectivity index (χ0v) is 22.8. The van der Waals surface area contributed by atoms with Crippen LogP contribution in [0.2, 0.25) is 10.0 Å². The van der Waals surface area contributed by atoms with Crippen molar-refractivity contribution in [3.8, 4) is 0 Å². The number of aromatic amines is 1. The normalized spacial score (nSPS) is 17.0. The van der Waals surface area contributed by atoms with E-state index in [-0.39, 0.29) is 49.9 Å². The fourth-order valence-corrected chi connectivity index (χ4v) is 6.30. The summed E-state index contributed by atoms with van der Waals surface area (Å²) < 4.78 is 68.2. The highest BCUT2D eigenvalue weighted by Gasteiger charge is 2.37. The van der Waals surface area contributed by atoms with Crippen molar-refractivity contribution >= 4 is 43.9 Å². The molecule has 2 N–H and O–H groups in total. The summed E-state index contributed by atoms with van der Waals surface area (Å²) in [5.74, 6) is -0.246. The van der Waals surface area contributed by atoms with Crippen molar-refractivity contribution in [2.45, 2.75) is 43.5 Å². The zero-order chi connectivity index (χ0) is 28.0. The van der Waals surface area contributed by atoms with E-state index in [9.17, 15) is 31.2 Å². The summed E-state index contributed by atoms with van der Waals surface area (Å²) in [6.07, 6.45) is -4.07. The lowest BCUT2D eigenvalue weighted by molar-refractivity contribution is -0.138. The predicted octanol–water partition coefficient (Wildman–Crippen LogP) is 3.65. The van der Waals surface area contributed by atoms with Gasteiger partial charge in [-0.25, -0.2) is 13.2 Å². The number of hydrogen-bond donors (Lipinski definition) is 2. The van der Waals surface area contributed by atoms with E-state index in [4.69, 9.17) is 23.2 Å². The lowest BCUT2D eigenvalue weighted by Gasteiger charge is -2.22. The first-order chi connectivity index (χ1) is 17.8. The number of sulfone groups is 1. The highest BCUT2D eigenvalue weighted by molar-refractivity contribution is 7.91. The van der Waals surface area contributed by atoms with Crippen LogP contribution in [0.5, 0.6) is 0 Å². The molecule has 0 radical (unpaired) electrons. The average Bonchev–Trinajstić information content (AvgIpc) is 3.30. The number of likely N-dealkylation sites (tertiary alicyclic amines) is 1. The van der Waals surface area contributed by atoms with Gasteiger partial charge in [0.05, 0.1) is 38.7 Å². The first kappa shape index (κ1) is 28.6. The molecule has 2 heterocycles. The maximum atomic E-state index is 14.1. The molecule has 0 amide bonds. The molecule has 0 spiro atoms. The third-order valence-corrected chi connectivity index (χ3v) is 9.23.